The third-order valence-electron chi connectivity index (χ3n) is 4.66. The molecule has 1 N–H and O–H groups in total. The summed E-state index contributed by atoms with van der Waals surface area (Å²) >= 11 is 0. The highest BCUT2D eigenvalue weighted by Gasteiger charge is 2.32. The number of rotatable bonds is 2. The van der Waals surface area contributed by atoms with Crippen LogP contribution in [0.3, 0.4) is 0 Å². The smallest absolute Gasteiger partial charge is 0.0100 e. The number of piperidine rings is 1. The summed E-state index contributed by atoms with van der Waals surface area (Å²) in [6.45, 7) is 4.74. The van der Waals surface area contributed by atoms with Gasteiger partial charge in [0.05, 0.1) is 0 Å². The fourth-order valence-electron chi connectivity index (χ4n) is 3.79. The molecule has 0 radical (unpaired) electrons. The molecule has 2 fully saturated rings. The van der Waals surface area contributed by atoms with Crippen LogP contribution in [0.25, 0.3) is 0 Å². The van der Waals surface area contributed by atoms with Gasteiger partial charge >= 0.3 is 0 Å². The minimum Gasteiger partial charge on any atom is -0.311 e. The maximum atomic E-state index is 3.85. The molecule has 1 nitrogen and oxygen atoms in total. The molecular weight excluding hydrogens is 182 g/mol. The van der Waals surface area contributed by atoms with Crippen LogP contribution in [-0.2, 0) is 0 Å². The highest BCUT2D eigenvalue weighted by molar-refractivity contribution is 4.88. The Morgan fingerprint density at radius 1 is 1.00 bits per heavy atom. The standard InChI is InChI=1S/C14H27N/c1-3-12-8-4-5-9-13(12)14-10-6-7-11(2)15-14/h11-15H,3-10H2,1-2H3. The van der Waals surface area contributed by atoms with Crippen LogP contribution in [0.4, 0.5) is 0 Å². The van der Waals surface area contributed by atoms with Gasteiger partial charge in [-0.25, -0.2) is 0 Å². The molecule has 2 aliphatic rings. The first-order valence-corrected chi connectivity index (χ1v) is 7.07. The van der Waals surface area contributed by atoms with Gasteiger partial charge in [-0.1, -0.05) is 39.0 Å². The minimum atomic E-state index is 0.767. The van der Waals surface area contributed by atoms with E-state index >= 15 is 0 Å². The van der Waals surface area contributed by atoms with Crippen LogP contribution in [0.15, 0.2) is 0 Å². The first kappa shape index (κ1) is 11.4. The van der Waals surface area contributed by atoms with Crippen LogP contribution in [0, 0.1) is 11.8 Å². The van der Waals surface area contributed by atoms with E-state index in [1.807, 2.05) is 0 Å². The summed E-state index contributed by atoms with van der Waals surface area (Å²) in [4.78, 5) is 0. The highest BCUT2D eigenvalue weighted by Crippen LogP contribution is 2.37. The number of hydrogen-bond donors (Lipinski definition) is 1. The summed E-state index contributed by atoms with van der Waals surface area (Å²) in [5.74, 6) is 2.01. The molecule has 0 amide bonds. The molecule has 1 saturated heterocycles. The molecule has 0 spiro atoms. The summed E-state index contributed by atoms with van der Waals surface area (Å²) in [6.07, 6.45) is 11.6. The minimum absolute atomic E-state index is 0.767. The lowest BCUT2D eigenvalue weighted by Crippen LogP contribution is -2.47. The van der Waals surface area contributed by atoms with Gasteiger partial charge < -0.3 is 5.32 Å². The van der Waals surface area contributed by atoms with E-state index in [1.54, 1.807) is 0 Å². The van der Waals surface area contributed by atoms with Crippen molar-refractivity contribution >= 4 is 0 Å². The van der Waals surface area contributed by atoms with Gasteiger partial charge in [0, 0.05) is 12.1 Å². The quantitative estimate of drug-likeness (QED) is 0.730. The van der Waals surface area contributed by atoms with Gasteiger partial charge in [-0.3, -0.25) is 0 Å². The molecule has 1 saturated carbocycles. The Morgan fingerprint density at radius 3 is 2.53 bits per heavy atom. The van der Waals surface area contributed by atoms with Crippen molar-refractivity contribution in [1.29, 1.82) is 0 Å². The first-order chi connectivity index (χ1) is 7.31. The van der Waals surface area contributed by atoms with Crippen LogP contribution in [0.2, 0.25) is 0 Å². The van der Waals surface area contributed by atoms with Crippen LogP contribution >= 0.6 is 0 Å². The van der Waals surface area contributed by atoms with Gasteiger partial charge in [0.15, 0.2) is 0 Å². The van der Waals surface area contributed by atoms with E-state index in [9.17, 15) is 0 Å². The number of hydrogen-bond acceptors (Lipinski definition) is 1. The summed E-state index contributed by atoms with van der Waals surface area (Å²) < 4.78 is 0. The van der Waals surface area contributed by atoms with Crippen LogP contribution in [0.5, 0.6) is 0 Å². The van der Waals surface area contributed by atoms with E-state index in [1.165, 1.54) is 51.4 Å². The fraction of sp³-hybridized carbons (Fsp3) is 1.00. The van der Waals surface area contributed by atoms with E-state index in [0.29, 0.717) is 0 Å². The summed E-state index contributed by atoms with van der Waals surface area (Å²) in [6, 6.07) is 1.61. The molecule has 0 bridgehead atoms. The lowest BCUT2D eigenvalue weighted by atomic mass is 9.72. The Morgan fingerprint density at radius 2 is 1.80 bits per heavy atom. The van der Waals surface area contributed by atoms with Crippen molar-refractivity contribution < 1.29 is 0 Å². The Bertz CT molecular complexity index is 190. The van der Waals surface area contributed by atoms with E-state index < -0.39 is 0 Å². The normalized spacial score (nSPS) is 42.8. The SMILES string of the molecule is CCC1CCCCC1C1CCCC(C)N1. The van der Waals surface area contributed by atoms with Crippen molar-refractivity contribution in [2.24, 2.45) is 11.8 Å². The molecule has 0 aromatic carbocycles. The summed E-state index contributed by atoms with van der Waals surface area (Å²) in [7, 11) is 0. The lowest BCUT2D eigenvalue weighted by Gasteiger charge is -2.41. The zero-order chi connectivity index (χ0) is 10.7. The number of nitrogens with one attached hydrogen (secondary N) is 1. The van der Waals surface area contributed by atoms with Crippen molar-refractivity contribution in [3.05, 3.63) is 0 Å². The van der Waals surface area contributed by atoms with Crippen LogP contribution in [-0.4, -0.2) is 12.1 Å². The molecule has 2 rings (SSSR count). The average molecular weight is 209 g/mol. The second-order valence-corrected chi connectivity index (χ2v) is 5.72. The third-order valence-corrected chi connectivity index (χ3v) is 4.66. The van der Waals surface area contributed by atoms with Gasteiger partial charge in [0.2, 0.25) is 0 Å². The van der Waals surface area contributed by atoms with Crippen molar-refractivity contribution in [2.45, 2.75) is 77.3 Å². The van der Waals surface area contributed by atoms with Gasteiger partial charge in [0.1, 0.15) is 0 Å². The predicted molar refractivity (Wildman–Crippen MR) is 66.0 cm³/mol. The second kappa shape index (κ2) is 5.34. The summed E-state index contributed by atoms with van der Waals surface area (Å²) in [5, 5.41) is 3.85. The monoisotopic (exact) mass is 209 g/mol. The maximum absolute atomic E-state index is 3.85. The predicted octanol–water partition coefficient (Wildman–Crippen LogP) is 3.73. The van der Waals surface area contributed by atoms with Crippen molar-refractivity contribution in [3.63, 3.8) is 0 Å². The molecule has 0 aromatic rings. The second-order valence-electron chi connectivity index (χ2n) is 5.72. The molecule has 0 aromatic heterocycles. The molecule has 1 aliphatic carbocycles. The first-order valence-electron chi connectivity index (χ1n) is 7.07. The Labute approximate surface area is 95.0 Å². The molecule has 4 atom stereocenters. The molecule has 4 unspecified atom stereocenters. The largest absolute Gasteiger partial charge is 0.311 e. The summed E-state index contributed by atoms with van der Waals surface area (Å²) in [5.41, 5.74) is 0. The van der Waals surface area contributed by atoms with E-state index in [-0.39, 0.29) is 0 Å². The molecule has 1 heteroatoms. The maximum Gasteiger partial charge on any atom is 0.0100 e. The molecule has 88 valence electrons. The average Bonchev–Trinajstić information content (AvgIpc) is 2.29. The van der Waals surface area contributed by atoms with Crippen molar-refractivity contribution in [2.75, 3.05) is 0 Å². The molecule has 1 heterocycles. The van der Waals surface area contributed by atoms with E-state index in [4.69, 9.17) is 0 Å². The highest BCUT2D eigenvalue weighted by atomic mass is 15.0. The lowest BCUT2D eigenvalue weighted by molar-refractivity contribution is 0.143. The van der Waals surface area contributed by atoms with Gasteiger partial charge in [-0.2, -0.15) is 0 Å². The van der Waals surface area contributed by atoms with Crippen LogP contribution in [0.1, 0.15) is 65.2 Å². The fourth-order valence-corrected chi connectivity index (χ4v) is 3.79. The zero-order valence-electron chi connectivity index (χ0n) is 10.5. The van der Waals surface area contributed by atoms with E-state index in [2.05, 4.69) is 19.2 Å². The topological polar surface area (TPSA) is 12.0 Å². The van der Waals surface area contributed by atoms with Gasteiger partial charge in [0.25, 0.3) is 0 Å². The van der Waals surface area contributed by atoms with Crippen molar-refractivity contribution in [3.8, 4) is 0 Å². The molecular formula is C14H27N. The van der Waals surface area contributed by atoms with Gasteiger partial charge in [-0.15, -0.1) is 0 Å². The third kappa shape index (κ3) is 2.75. The Kier molecular flexibility index (Phi) is 4.07. The molecule has 15 heavy (non-hydrogen) atoms. The van der Waals surface area contributed by atoms with E-state index in [0.717, 1.165) is 23.9 Å². The zero-order valence-corrected chi connectivity index (χ0v) is 10.5. The van der Waals surface area contributed by atoms with Crippen LogP contribution < -0.4 is 5.32 Å². The Hall–Kier alpha value is -0.0400. The van der Waals surface area contributed by atoms with Crippen molar-refractivity contribution in [1.82, 2.24) is 5.32 Å². The Balaban J connectivity index is 1.94. The van der Waals surface area contributed by atoms with Gasteiger partial charge in [-0.05, 0) is 38.0 Å². The molecule has 1 aliphatic heterocycles.